The minimum atomic E-state index is -0.586. The Labute approximate surface area is 178 Å². The van der Waals surface area contributed by atoms with Gasteiger partial charge in [0.2, 0.25) is 0 Å². The average Bonchev–Trinajstić information content (AvgIpc) is 2.73. The van der Waals surface area contributed by atoms with Crippen LogP contribution in [0.2, 0.25) is 5.02 Å². The zero-order valence-corrected chi connectivity index (χ0v) is 17.5. The number of rotatable bonds is 10. The first-order chi connectivity index (χ1) is 14.3. The molecule has 9 nitrogen and oxygen atoms in total. The van der Waals surface area contributed by atoms with Gasteiger partial charge in [0.05, 0.1) is 29.4 Å². The fourth-order valence-corrected chi connectivity index (χ4v) is 2.56. The summed E-state index contributed by atoms with van der Waals surface area (Å²) < 4.78 is 16.3. The molecule has 2 aromatic carbocycles. The third kappa shape index (κ3) is 6.35. The summed E-state index contributed by atoms with van der Waals surface area (Å²) in [5.74, 6) is 0.289. The second-order valence-corrected chi connectivity index (χ2v) is 6.58. The van der Waals surface area contributed by atoms with E-state index in [2.05, 4.69) is 10.5 Å². The Bertz CT molecular complexity index is 935. The van der Waals surface area contributed by atoms with E-state index in [1.807, 2.05) is 13.8 Å². The van der Waals surface area contributed by atoms with Crippen LogP contribution in [0, 0.1) is 10.1 Å². The van der Waals surface area contributed by atoms with Crippen LogP contribution >= 0.6 is 11.6 Å². The first kappa shape index (κ1) is 23.0. The largest absolute Gasteiger partial charge is 0.493 e. The number of hydrogen-bond donors (Lipinski definition) is 1. The molecule has 10 heteroatoms. The number of hydrogen-bond acceptors (Lipinski definition) is 7. The molecule has 30 heavy (non-hydrogen) atoms. The number of carbonyl (C=O) groups excluding carboxylic acids is 1. The van der Waals surface area contributed by atoms with Gasteiger partial charge in [-0.15, -0.1) is 0 Å². The second kappa shape index (κ2) is 11.0. The van der Waals surface area contributed by atoms with Gasteiger partial charge < -0.3 is 14.2 Å². The highest BCUT2D eigenvalue weighted by Crippen LogP contribution is 2.37. The van der Waals surface area contributed by atoms with Crippen LogP contribution in [0.3, 0.4) is 0 Å². The van der Waals surface area contributed by atoms with Gasteiger partial charge in [0.15, 0.2) is 23.9 Å². The average molecular weight is 436 g/mol. The standard InChI is InChI=1S/C20H22ClN3O6/c1-4-13(2)30-20-15(21)9-14(10-18(20)28-3)11-22-23-19(25)12-29-17-8-6-5-7-16(17)24(26)27/h5-11,13H,4,12H2,1-3H3,(H,23,25)/b22-11+/t13-/m0/s1. The van der Waals surface area contributed by atoms with Gasteiger partial charge in [-0.05, 0) is 37.1 Å². The van der Waals surface area contributed by atoms with Crippen molar-refractivity contribution in [1.29, 1.82) is 0 Å². The molecular formula is C20H22ClN3O6. The molecule has 0 heterocycles. The first-order valence-corrected chi connectivity index (χ1v) is 9.45. The molecule has 0 spiro atoms. The van der Waals surface area contributed by atoms with Gasteiger partial charge in [-0.3, -0.25) is 14.9 Å². The fourth-order valence-electron chi connectivity index (χ4n) is 2.30. The van der Waals surface area contributed by atoms with E-state index in [0.717, 1.165) is 6.42 Å². The van der Waals surface area contributed by atoms with Crippen LogP contribution in [0.4, 0.5) is 5.69 Å². The van der Waals surface area contributed by atoms with Crippen LogP contribution in [0.15, 0.2) is 41.5 Å². The second-order valence-electron chi connectivity index (χ2n) is 6.18. The molecule has 0 saturated carbocycles. The molecular weight excluding hydrogens is 414 g/mol. The van der Waals surface area contributed by atoms with Gasteiger partial charge in [-0.2, -0.15) is 5.10 Å². The molecule has 0 aliphatic heterocycles. The Morgan fingerprint density at radius 2 is 2.07 bits per heavy atom. The molecule has 2 rings (SSSR count). The molecule has 0 bridgehead atoms. The van der Waals surface area contributed by atoms with Crippen LogP contribution in [-0.2, 0) is 4.79 Å². The van der Waals surface area contributed by atoms with E-state index in [1.54, 1.807) is 18.2 Å². The highest BCUT2D eigenvalue weighted by Gasteiger charge is 2.15. The van der Waals surface area contributed by atoms with Crippen molar-refractivity contribution in [3.63, 3.8) is 0 Å². The van der Waals surface area contributed by atoms with Crippen molar-refractivity contribution in [2.75, 3.05) is 13.7 Å². The maximum absolute atomic E-state index is 11.9. The highest BCUT2D eigenvalue weighted by molar-refractivity contribution is 6.32. The Kier molecular flexibility index (Phi) is 8.42. The number of nitrogens with one attached hydrogen (secondary N) is 1. The Hall–Kier alpha value is -3.33. The molecule has 0 unspecified atom stereocenters. The molecule has 2 aromatic rings. The minimum Gasteiger partial charge on any atom is -0.493 e. The summed E-state index contributed by atoms with van der Waals surface area (Å²) in [5.41, 5.74) is 2.63. The fraction of sp³-hybridized carbons (Fsp3) is 0.300. The summed E-state index contributed by atoms with van der Waals surface area (Å²) in [6.07, 6.45) is 2.16. The molecule has 1 amide bonds. The zero-order valence-electron chi connectivity index (χ0n) is 16.8. The number of halogens is 1. The van der Waals surface area contributed by atoms with Gasteiger partial charge in [0, 0.05) is 6.07 Å². The normalized spacial score (nSPS) is 11.7. The quantitative estimate of drug-likeness (QED) is 0.343. The third-order valence-corrected chi connectivity index (χ3v) is 4.25. The van der Waals surface area contributed by atoms with Crippen LogP contribution in [-0.4, -0.2) is 36.9 Å². The molecule has 1 atom stereocenters. The minimum absolute atomic E-state index is 0.00459. The lowest BCUT2D eigenvalue weighted by molar-refractivity contribution is -0.385. The number of hydrazone groups is 1. The maximum atomic E-state index is 11.9. The van der Waals surface area contributed by atoms with E-state index in [1.165, 1.54) is 31.5 Å². The van der Waals surface area contributed by atoms with Crippen LogP contribution < -0.4 is 19.6 Å². The highest BCUT2D eigenvalue weighted by atomic mass is 35.5. The first-order valence-electron chi connectivity index (χ1n) is 9.08. The van der Waals surface area contributed by atoms with E-state index in [-0.39, 0.29) is 17.5 Å². The zero-order chi connectivity index (χ0) is 22.1. The van der Waals surface area contributed by atoms with Gasteiger partial charge >= 0.3 is 5.69 Å². The van der Waals surface area contributed by atoms with Crippen molar-refractivity contribution in [3.05, 3.63) is 57.1 Å². The number of carbonyl (C=O) groups is 1. The van der Waals surface area contributed by atoms with Crippen molar-refractivity contribution < 1.29 is 23.9 Å². The molecule has 0 fully saturated rings. The van der Waals surface area contributed by atoms with Gasteiger partial charge in [0.25, 0.3) is 5.91 Å². The molecule has 0 aliphatic carbocycles. The van der Waals surface area contributed by atoms with Crippen molar-refractivity contribution in [2.45, 2.75) is 26.4 Å². The topological polar surface area (TPSA) is 112 Å². The van der Waals surface area contributed by atoms with E-state index in [9.17, 15) is 14.9 Å². The number of ether oxygens (including phenoxy) is 3. The third-order valence-electron chi connectivity index (χ3n) is 3.97. The Morgan fingerprint density at radius 3 is 2.73 bits per heavy atom. The van der Waals surface area contributed by atoms with E-state index < -0.39 is 17.4 Å². The van der Waals surface area contributed by atoms with Crippen molar-refractivity contribution in [1.82, 2.24) is 5.43 Å². The Balaban J connectivity index is 1.99. The molecule has 0 aliphatic rings. The lowest BCUT2D eigenvalue weighted by atomic mass is 10.2. The monoisotopic (exact) mass is 435 g/mol. The summed E-state index contributed by atoms with van der Waals surface area (Å²) in [6, 6.07) is 9.08. The van der Waals surface area contributed by atoms with Crippen molar-refractivity contribution in [2.24, 2.45) is 5.10 Å². The predicted molar refractivity (Wildman–Crippen MR) is 113 cm³/mol. The summed E-state index contributed by atoms with van der Waals surface area (Å²) in [5, 5.41) is 15.1. The summed E-state index contributed by atoms with van der Waals surface area (Å²) in [4.78, 5) is 22.3. The molecule has 1 N–H and O–H groups in total. The molecule has 160 valence electrons. The number of benzene rings is 2. The lowest BCUT2D eigenvalue weighted by Crippen LogP contribution is -2.24. The van der Waals surface area contributed by atoms with E-state index >= 15 is 0 Å². The van der Waals surface area contributed by atoms with Crippen LogP contribution in [0.1, 0.15) is 25.8 Å². The van der Waals surface area contributed by atoms with Gasteiger partial charge in [-0.25, -0.2) is 5.43 Å². The Morgan fingerprint density at radius 1 is 1.33 bits per heavy atom. The SMILES string of the molecule is CC[C@H](C)Oc1c(Cl)cc(/C=N/NC(=O)COc2ccccc2[N+](=O)[O-])cc1OC. The van der Waals surface area contributed by atoms with Gasteiger partial charge in [-0.1, -0.05) is 30.7 Å². The van der Waals surface area contributed by atoms with E-state index in [4.69, 9.17) is 25.8 Å². The summed E-state index contributed by atoms with van der Waals surface area (Å²) in [7, 11) is 1.50. The summed E-state index contributed by atoms with van der Waals surface area (Å²) in [6.45, 7) is 3.48. The van der Waals surface area contributed by atoms with Crippen LogP contribution in [0.25, 0.3) is 0 Å². The summed E-state index contributed by atoms with van der Waals surface area (Å²) >= 11 is 6.28. The van der Waals surface area contributed by atoms with Crippen LogP contribution in [0.5, 0.6) is 17.2 Å². The molecule has 0 radical (unpaired) electrons. The smallest absolute Gasteiger partial charge is 0.310 e. The van der Waals surface area contributed by atoms with Gasteiger partial charge in [0.1, 0.15) is 0 Å². The number of para-hydroxylation sites is 2. The lowest BCUT2D eigenvalue weighted by Gasteiger charge is -2.17. The number of methoxy groups -OCH3 is 1. The predicted octanol–water partition coefficient (Wildman–Crippen LogP) is 3.96. The number of nitro groups is 1. The molecule has 0 aromatic heterocycles. The van der Waals surface area contributed by atoms with Crippen molar-refractivity contribution in [3.8, 4) is 17.2 Å². The van der Waals surface area contributed by atoms with Crippen molar-refractivity contribution >= 4 is 29.4 Å². The number of nitro benzene ring substituents is 1. The number of nitrogens with zero attached hydrogens (tertiary/aromatic N) is 2. The van der Waals surface area contributed by atoms with E-state index in [0.29, 0.717) is 22.1 Å². The number of amides is 1. The maximum Gasteiger partial charge on any atom is 0.310 e. The molecule has 0 saturated heterocycles.